The van der Waals surface area contributed by atoms with Crippen LogP contribution in [0.3, 0.4) is 0 Å². The lowest BCUT2D eigenvalue weighted by atomic mass is 10.0. The highest BCUT2D eigenvalue weighted by Gasteiger charge is 2.27. The van der Waals surface area contributed by atoms with Gasteiger partial charge in [-0.3, -0.25) is 9.78 Å². The van der Waals surface area contributed by atoms with Crippen molar-refractivity contribution in [3.8, 4) is 11.3 Å². The number of rotatable bonds is 4. The van der Waals surface area contributed by atoms with Crippen LogP contribution in [0.25, 0.3) is 11.3 Å². The topological polar surface area (TPSA) is 110 Å². The van der Waals surface area contributed by atoms with E-state index < -0.39 is 12.1 Å². The van der Waals surface area contributed by atoms with Gasteiger partial charge in [0.2, 0.25) is 0 Å². The van der Waals surface area contributed by atoms with Crippen molar-refractivity contribution in [3.05, 3.63) is 66.6 Å². The number of aromatic nitrogens is 2. The summed E-state index contributed by atoms with van der Waals surface area (Å²) in [5, 5.41) is 2.82. The van der Waals surface area contributed by atoms with Crippen molar-refractivity contribution < 1.29 is 9.18 Å². The number of nitrogens with one attached hydrogen (secondary N) is 1. The number of nitrogen functional groups attached to an aromatic ring is 1. The fraction of sp³-hybridized carbons (Fsp3) is 0.227. The summed E-state index contributed by atoms with van der Waals surface area (Å²) in [7, 11) is 0. The molecule has 3 heterocycles. The molecular weight excluding hydrogens is 383 g/mol. The fourth-order valence-corrected chi connectivity index (χ4v) is 3.63. The minimum Gasteiger partial charge on any atom is -0.397 e. The van der Waals surface area contributed by atoms with Gasteiger partial charge in [0.15, 0.2) is 5.69 Å². The van der Waals surface area contributed by atoms with Crippen molar-refractivity contribution in [1.29, 1.82) is 0 Å². The molecule has 1 aromatic carbocycles. The first-order valence-electron chi connectivity index (χ1n) is 9.73. The number of alkyl halides is 1. The standard InChI is InChI=1S/C22H23FN6O/c23-15-10-16(24)13-29(12-15)20-8-9-26-11-19(20)28-22(30)21-17(25)6-7-18(27-21)14-4-2-1-3-5-14/h1-9,11,15-16H,10,12-13,24-25H2,(H,28,30). The normalized spacial score (nSPS) is 18.8. The molecular formula is C22H23FN6O. The van der Waals surface area contributed by atoms with Gasteiger partial charge >= 0.3 is 0 Å². The molecule has 7 nitrogen and oxygen atoms in total. The van der Waals surface area contributed by atoms with Crippen LogP contribution in [0.15, 0.2) is 60.9 Å². The van der Waals surface area contributed by atoms with Gasteiger partial charge < -0.3 is 21.7 Å². The lowest BCUT2D eigenvalue weighted by Gasteiger charge is -2.35. The van der Waals surface area contributed by atoms with Crippen molar-refractivity contribution in [2.75, 3.05) is 29.0 Å². The van der Waals surface area contributed by atoms with Crippen molar-refractivity contribution in [2.45, 2.75) is 18.6 Å². The number of carbonyl (C=O) groups is 1. The number of hydrogen-bond donors (Lipinski definition) is 3. The third-order valence-electron chi connectivity index (χ3n) is 5.03. The van der Waals surface area contributed by atoms with Gasteiger partial charge in [-0.2, -0.15) is 0 Å². The van der Waals surface area contributed by atoms with Gasteiger partial charge in [-0.15, -0.1) is 0 Å². The van der Waals surface area contributed by atoms with Crippen LogP contribution in [0.4, 0.5) is 21.5 Å². The average Bonchev–Trinajstić information content (AvgIpc) is 2.74. The number of benzene rings is 1. The van der Waals surface area contributed by atoms with E-state index >= 15 is 0 Å². The molecule has 3 aromatic rings. The Morgan fingerprint density at radius 1 is 1.13 bits per heavy atom. The Balaban J connectivity index is 1.61. The maximum absolute atomic E-state index is 14.0. The first kappa shape index (κ1) is 19.8. The SMILES string of the molecule is Nc1ccc(-c2ccccc2)nc1C(=O)Nc1cnccc1N1CC(N)CC(F)C1. The minimum absolute atomic E-state index is 0.116. The maximum atomic E-state index is 14.0. The second kappa shape index (κ2) is 8.46. The third kappa shape index (κ3) is 4.23. The first-order chi connectivity index (χ1) is 14.5. The number of hydrogen-bond acceptors (Lipinski definition) is 6. The average molecular weight is 406 g/mol. The molecule has 2 aromatic heterocycles. The summed E-state index contributed by atoms with van der Waals surface area (Å²) in [6.45, 7) is 0.710. The minimum atomic E-state index is -1.02. The molecule has 0 bridgehead atoms. The molecule has 5 N–H and O–H groups in total. The molecule has 0 saturated carbocycles. The number of pyridine rings is 2. The summed E-state index contributed by atoms with van der Waals surface area (Å²) < 4.78 is 14.0. The molecule has 154 valence electrons. The van der Waals surface area contributed by atoms with E-state index in [1.807, 2.05) is 35.2 Å². The molecule has 1 saturated heterocycles. The third-order valence-corrected chi connectivity index (χ3v) is 5.03. The van der Waals surface area contributed by atoms with E-state index in [1.165, 1.54) is 6.20 Å². The van der Waals surface area contributed by atoms with Crippen LogP contribution in [0, 0.1) is 0 Å². The highest BCUT2D eigenvalue weighted by Crippen LogP contribution is 2.29. The largest absolute Gasteiger partial charge is 0.397 e. The zero-order chi connectivity index (χ0) is 21.1. The Morgan fingerprint density at radius 3 is 2.70 bits per heavy atom. The van der Waals surface area contributed by atoms with Crippen LogP contribution in [-0.4, -0.2) is 41.2 Å². The molecule has 30 heavy (non-hydrogen) atoms. The van der Waals surface area contributed by atoms with Crippen molar-refractivity contribution in [1.82, 2.24) is 9.97 Å². The van der Waals surface area contributed by atoms with Gasteiger partial charge in [-0.05, 0) is 24.6 Å². The number of piperidine rings is 1. The number of amides is 1. The van der Waals surface area contributed by atoms with E-state index in [0.717, 1.165) is 5.56 Å². The maximum Gasteiger partial charge on any atom is 0.276 e. The summed E-state index contributed by atoms with van der Waals surface area (Å²) in [6.07, 6.45) is 2.43. The number of nitrogens with zero attached hydrogens (tertiary/aromatic N) is 3. The van der Waals surface area contributed by atoms with Crippen LogP contribution < -0.4 is 21.7 Å². The lowest BCUT2D eigenvalue weighted by molar-refractivity contribution is 0.102. The summed E-state index contributed by atoms with van der Waals surface area (Å²) >= 11 is 0. The van der Waals surface area contributed by atoms with Crippen LogP contribution in [0.2, 0.25) is 0 Å². The highest BCUT2D eigenvalue weighted by molar-refractivity contribution is 6.07. The molecule has 8 heteroatoms. The van der Waals surface area contributed by atoms with Crippen LogP contribution in [0.1, 0.15) is 16.9 Å². The Hall–Kier alpha value is -3.52. The van der Waals surface area contributed by atoms with Crippen molar-refractivity contribution in [3.63, 3.8) is 0 Å². The van der Waals surface area contributed by atoms with Crippen molar-refractivity contribution in [2.24, 2.45) is 5.73 Å². The molecule has 0 spiro atoms. The molecule has 1 amide bonds. The summed E-state index contributed by atoms with van der Waals surface area (Å²) in [5.74, 6) is -0.461. The van der Waals surface area contributed by atoms with E-state index in [4.69, 9.17) is 11.5 Å². The van der Waals surface area contributed by atoms with Crippen LogP contribution in [-0.2, 0) is 0 Å². The lowest BCUT2D eigenvalue weighted by Crippen LogP contribution is -2.48. The number of nitrogens with two attached hydrogens (primary N) is 2. The number of halogens is 1. The zero-order valence-electron chi connectivity index (χ0n) is 16.3. The fourth-order valence-electron chi connectivity index (χ4n) is 3.63. The molecule has 1 aliphatic heterocycles. The molecule has 2 atom stereocenters. The quantitative estimate of drug-likeness (QED) is 0.615. The van der Waals surface area contributed by atoms with Crippen molar-refractivity contribution >= 4 is 23.0 Å². The van der Waals surface area contributed by atoms with Gasteiger partial charge in [-0.25, -0.2) is 9.37 Å². The van der Waals surface area contributed by atoms with E-state index in [0.29, 0.717) is 30.0 Å². The summed E-state index contributed by atoms with van der Waals surface area (Å²) in [6, 6.07) is 14.4. The molecule has 0 radical (unpaired) electrons. The van der Waals surface area contributed by atoms with E-state index in [9.17, 15) is 9.18 Å². The first-order valence-corrected chi connectivity index (χ1v) is 9.73. The van der Waals surface area contributed by atoms with Gasteiger partial charge in [0.1, 0.15) is 6.17 Å². The second-order valence-electron chi connectivity index (χ2n) is 7.35. The molecule has 4 rings (SSSR count). The number of anilines is 3. The highest BCUT2D eigenvalue weighted by atomic mass is 19.1. The molecule has 1 fully saturated rings. The van der Waals surface area contributed by atoms with E-state index in [2.05, 4.69) is 15.3 Å². The van der Waals surface area contributed by atoms with Crippen LogP contribution in [0.5, 0.6) is 0 Å². The van der Waals surface area contributed by atoms with Gasteiger partial charge in [-0.1, -0.05) is 30.3 Å². The Morgan fingerprint density at radius 2 is 1.93 bits per heavy atom. The van der Waals surface area contributed by atoms with Gasteiger partial charge in [0, 0.05) is 30.9 Å². The summed E-state index contributed by atoms with van der Waals surface area (Å²) in [4.78, 5) is 23.4. The predicted octanol–water partition coefficient (Wildman–Crippen LogP) is 2.85. The molecule has 1 aliphatic rings. The second-order valence-corrected chi connectivity index (χ2v) is 7.35. The van der Waals surface area contributed by atoms with E-state index in [-0.39, 0.29) is 24.0 Å². The smallest absolute Gasteiger partial charge is 0.276 e. The van der Waals surface area contributed by atoms with E-state index in [1.54, 1.807) is 24.4 Å². The molecule has 2 unspecified atom stereocenters. The number of carbonyl (C=O) groups excluding carboxylic acids is 1. The van der Waals surface area contributed by atoms with Gasteiger partial charge in [0.25, 0.3) is 5.91 Å². The Kier molecular flexibility index (Phi) is 5.58. The zero-order valence-corrected chi connectivity index (χ0v) is 16.3. The predicted molar refractivity (Wildman–Crippen MR) is 116 cm³/mol. The molecule has 0 aliphatic carbocycles. The Labute approximate surface area is 173 Å². The summed E-state index contributed by atoms with van der Waals surface area (Å²) in [5.41, 5.74) is 15.0. The monoisotopic (exact) mass is 406 g/mol. The van der Waals surface area contributed by atoms with Crippen LogP contribution >= 0.6 is 0 Å². The Bertz CT molecular complexity index is 1030. The van der Waals surface area contributed by atoms with Gasteiger partial charge in [0.05, 0.1) is 29.0 Å².